The Labute approximate surface area is 72.4 Å². The fourth-order valence-electron chi connectivity index (χ4n) is 1.63. The Hall–Kier alpha value is -0.160. The van der Waals surface area contributed by atoms with Gasteiger partial charge in [-0.15, -0.1) is 0 Å². The van der Waals surface area contributed by atoms with Gasteiger partial charge in [-0.25, -0.2) is 0 Å². The van der Waals surface area contributed by atoms with Gasteiger partial charge in [0.05, 0.1) is 12.2 Å². The molecule has 0 bridgehead atoms. The Morgan fingerprint density at radius 3 is 1.50 bits per heavy atom. The van der Waals surface area contributed by atoms with E-state index in [1.54, 1.807) is 0 Å². The van der Waals surface area contributed by atoms with Gasteiger partial charge in [0.1, 0.15) is 6.10 Å². The lowest BCUT2D eigenvalue weighted by Gasteiger charge is -2.45. The number of hydrogen-bond acceptors (Lipinski definition) is 4. The lowest BCUT2D eigenvalue weighted by molar-refractivity contribution is -0.149. The van der Waals surface area contributed by atoms with Gasteiger partial charge >= 0.3 is 0 Å². The highest BCUT2D eigenvalue weighted by Crippen LogP contribution is 2.21. The molecule has 0 amide bonds. The quantitative estimate of drug-likeness (QED) is 0.432. The normalized spacial score (nSPS) is 51.0. The fraction of sp³-hybridized carbons (Fsp3) is 1.00. The summed E-state index contributed by atoms with van der Waals surface area (Å²) in [5.74, 6) is 0. The minimum atomic E-state index is -1.02. The van der Waals surface area contributed by atoms with Crippen LogP contribution in [0.15, 0.2) is 0 Å². The molecule has 0 aliphatic carbocycles. The molecule has 4 atom stereocenters. The molecule has 3 N–H and O–H groups in total. The van der Waals surface area contributed by atoms with E-state index in [4.69, 9.17) is 0 Å². The van der Waals surface area contributed by atoms with Gasteiger partial charge in [0.25, 0.3) is 0 Å². The van der Waals surface area contributed by atoms with Gasteiger partial charge in [0, 0.05) is 12.1 Å². The summed E-state index contributed by atoms with van der Waals surface area (Å²) < 4.78 is 0. The molecule has 72 valence electrons. The van der Waals surface area contributed by atoms with Crippen molar-refractivity contribution in [3.8, 4) is 0 Å². The van der Waals surface area contributed by atoms with E-state index in [9.17, 15) is 15.3 Å². The summed E-state index contributed by atoms with van der Waals surface area (Å²) in [5, 5.41) is 28.3. The topological polar surface area (TPSA) is 63.9 Å². The van der Waals surface area contributed by atoms with E-state index in [-0.39, 0.29) is 12.1 Å². The largest absolute Gasteiger partial charge is 0.389 e. The number of piperidine rings is 1. The van der Waals surface area contributed by atoms with Gasteiger partial charge in [-0.05, 0) is 20.9 Å². The Morgan fingerprint density at radius 2 is 1.17 bits per heavy atom. The number of rotatable bonds is 0. The van der Waals surface area contributed by atoms with E-state index in [1.165, 1.54) is 0 Å². The van der Waals surface area contributed by atoms with Gasteiger partial charge in [0.2, 0.25) is 0 Å². The summed E-state index contributed by atoms with van der Waals surface area (Å²) in [6.45, 7) is 3.66. The number of aliphatic hydroxyl groups is 3. The van der Waals surface area contributed by atoms with Gasteiger partial charge in [-0.3, -0.25) is 4.90 Å². The van der Waals surface area contributed by atoms with Gasteiger partial charge in [-0.2, -0.15) is 0 Å². The molecule has 0 saturated carbocycles. The average Bonchev–Trinajstić information content (AvgIpc) is 2.08. The molecule has 0 radical (unpaired) electrons. The predicted octanol–water partition coefficient (Wildman–Crippen LogP) is -1.21. The minimum Gasteiger partial charge on any atom is -0.389 e. The Bertz CT molecular complexity index is 106. The molecule has 0 spiro atoms. The Balaban J connectivity index is 2.76. The Kier molecular flexibility index (Phi) is 2.73. The summed E-state index contributed by atoms with van der Waals surface area (Å²) in [6, 6.07) is -0.225. The van der Waals surface area contributed by atoms with Crippen molar-refractivity contribution in [1.82, 2.24) is 4.90 Å². The second-order valence-corrected chi connectivity index (χ2v) is 3.62. The first-order valence-electron chi connectivity index (χ1n) is 4.23. The van der Waals surface area contributed by atoms with Crippen LogP contribution in [-0.2, 0) is 0 Å². The monoisotopic (exact) mass is 175 g/mol. The van der Waals surface area contributed by atoms with E-state index in [1.807, 2.05) is 25.8 Å². The SMILES string of the molecule is CC1C(O)C(O)C(O)C(C)N1C. The lowest BCUT2D eigenvalue weighted by Crippen LogP contribution is -2.63. The second-order valence-electron chi connectivity index (χ2n) is 3.62. The highest BCUT2D eigenvalue weighted by Gasteiger charge is 2.41. The molecule has 4 unspecified atom stereocenters. The van der Waals surface area contributed by atoms with Crippen molar-refractivity contribution in [1.29, 1.82) is 0 Å². The van der Waals surface area contributed by atoms with E-state index >= 15 is 0 Å². The van der Waals surface area contributed by atoms with Crippen molar-refractivity contribution < 1.29 is 15.3 Å². The number of aliphatic hydroxyl groups excluding tert-OH is 3. The first-order valence-corrected chi connectivity index (χ1v) is 4.23. The zero-order valence-electron chi connectivity index (χ0n) is 7.68. The van der Waals surface area contributed by atoms with Crippen LogP contribution in [-0.4, -0.2) is 57.7 Å². The first kappa shape index (κ1) is 9.92. The van der Waals surface area contributed by atoms with Crippen LogP contribution < -0.4 is 0 Å². The number of hydrogen-bond donors (Lipinski definition) is 3. The number of likely N-dealkylation sites (tertiary alicyclic amines) is 1. The first-order chi connectivity index (χ1) is 5.46. The van der Waals surface area contributed by atoms with Crippen LogP contribution in [0.3, 0.4) is 0 Å². The molecule has 12 heavy (non-hydrogen) atoms. The smallest absolute Gasteiger partial charge is 0.109 e. The Morgan fingerprint density at radius 1 is 0.833 bits per heavy atom. The van der Waals surface area contributed by atoms with E-state index in [0.717, 1.165) is 0 Å². The van der Waals surface area contributed by atoms with E-state index < -0.39 is 18.3 Å². The third-order valence-corrected chi connectivity index (χ3v) is 2.97. The number of likely N-dealkylation sites (N-methyl/N-ethyl adjacent to an activating group) is 1. The van der Waals surface area contributed by atoms with Crippen molar-refractivity contribution >= 4 is 0 Å². The van der Waals surface area contributed by atoms with Gasteiger partial charge < -0.3 is 15.3 Å². The summed E-state index contributed by atoms with van der Waals surface area (Å²) in [4.78, 5) is 1.86. The fourth-order valence-corrected chi connectivity index (χ4v) is 1.63. The van der Waals surface area contributed by atoms with E-state index in [2.05, 4.69) is 0 Å². The zero-order chi connectivity index (χ0) is 9.46. The maximum atomic E-state index is 9.45. The number of nitrogens with zero attached hydrogens (tertiary/aromatic N) is 1. The van der Waals surface area contributed by atoms with Crippen molar-refractivity contribution in [2.45, 2.75) is 44.2 Å². The summed E-state index contributed by atoms with van der Waals surface area (Å²) in [7, 11) is 1.83. The van der Waals surface area contributed by atoms with Crippen LogP contribution in [0.25, 0.3) is 0 Å². The predicted molar refractivity (Wildman–Crippen MR) is 44.7 cm³/mol. The molecule has 4 heteroatoms. The summed E-state index contributed by atoms with van der Waals surface area (Å²) in [6.07, 6.45) is -2.74. The van der Waals surface area contributed by atoms with Gasteiger partial charge in [-0.1, -0.05) is 0 Å². The zero-order valence-corrected chi connectivity index (χ0v) is 7.68. The van der Waals surface area contributed by atoms with Crippen LogP contribution >= 0.6 is 0 Å². The minimum absolute atomic E-state index is 0.113. The molecular formula is C8H17NO3. The second kappa shape index (κ2) is 3.30. The van der Waals surface area contributed by atoms with Crippen molar-refractivity contribution in [2.75, 3.05) is 7.05 Å². The van der Waals surface area contributed by atoms with Gasteiger partial charge in [0.15, 0.2) is 0 Å². The van der Waals surface area contributed by atoms with E-state index in [0.29, 0.717) is 0 Å². The molecule has 1 aliphatic heterocycles. The van der Waals surface area contributed by atoms with Crippen molar-refractivity contribution in [2.24, 2.45) is 0 Å². The highest BCUT2D eigenvalue weighted by atomic mass is 16.4. The average molecular weight is 175 g/mol. The molecule has 0 aromatic carbocycles. The van der Waals surface area contributed by atoms with Crippen molar-refractivity contribution in [3.63, 3.8) is 0 Å². The van der Waals surface area contributed by atoms with Crippen LogP contribution in [0.2, 0.25) is 0 Å². The summed E-state index contributed by atoms with van der Waals surface area (Å²) in [5.41, 5.74) is 0. The maximum absolute atomic E-state index is 9.45. The molecule has 1 aliphatic rings. The molecule has 1 fully saturated rings. The summed E-state index contributed by atoms with van der Waals surface area (Å²) >= 11 is 0. The lowest BCUT2D eigenvalue weighted by atomic mass is 9.90. The molecule has 0 aromatic rings. The molecule has 0 aromatic heterocycles. The molecular weight excluding hydrogens is 158 g/mol. The highest BCUT2D eigenvalue weighted by molar-refractivity contribution is 4.95. The van der Waals surface area contributed by atoms with Crippen molar-refractivity contribution in [3.05, 3.63) is 0 Å². The van der Waals surface area contributed by atoms with Crippen LogP contribution in [0, 0.1) is 0 Å². The molecule has 1 heterocycles. The van der Waals surface area contributed by atoms with Crippen LogP contribution in [0.5, 0.6) is 0 Å². The molecule has 1 rings (SSSR count). The third-order valence-electron chi connectivity index (χ3n) is 2.97. The molecule has 1 saturated heterocycles. The molecule has 4 nitrogen and oxygen atoms in total. The van der Waals surface area contributed by atoms with Crippen LogP contribution in [0.1, 0.15) is 13.8 Å². The third kappa shape index (κ3) is 1.35. The maximum Gasteiger partial charge on any atom is 0.109 e. The van der Waals surface area contributed by atoms with Crippen LogP contribution in [0.4, 0.5) is 0 Å². The standard InChI is InChI=1S/C8H17NO3/c1-4-6(10)8(12)7(11)5(2)9(4)3/h4-8,10-12H,1-3H3.